The molecule has 8 nitrogen and oxygen atoms in total. The highest BCUT2D eigenvalue weighted by molar-refractivity contribution is 7.92. The van der Waals surface area contributed by atoms with E-state index in [0.29, 0.717) is 22.9 Å². The number of nitrogens with zero attached hydrogens (tertiary/aromatic N) is 1. The zero-order valence-corrected chi connectivity index (χ0v) is 17.0. The van der Waals surface area contributed by atoms with Crippen LogP contribution in [0.15, 0.2) is 96.2 Å². The zero-order valence-electron chi connectivity index (χ0n) is 16.1. The fraction of sp³-hybridized carbons (Fsp3) is 0. The number of anilines is 2. The maximum atomic E-state index is 12.7. The normalized spacial score (nSPS) is 11.0. The molecule has 4 aromatic rings. The van der Waals surface area contributed by atoms with Gasteiger partial charge in [0.1, 0.15) is 11.5 Å². The number of aromatic amines is 1. The van der Waals surface area contributed by atoms with E-state index in [1.165, 1.54) is 6.20 Å². The van der Waals surface area contributed by atoms with Gasteiger partial charge in [0.25, 0.3) is 15.9 Å². The van der Waals surface area contributed by atoms with Crippen molar-refractivity contribution in [2.24, 2.45) is 0 Å². The second-order valence-electron chi connectivity index (χ2n) is 6.48. The van der Waals surface area contributed by atoms with E-state index in [1.807, 2.05) is 30.3 Å². The first kappa shape index (κ1) is 20.2. The summed E-state index contributed by atoms with van der Waals surface area (Å²) in [6.45, 7) is 0. The molecule has 0 bridgehead atoms. The van der Waals surface area contributed by atoms with E-state index in [9.17, 15) is 13.2 Å². The zero-order chi connectivity index (χ0) is 21.7. The Balaban J connectivity index is 1.47. The molecule has 9 heteroatoms. The molecule has 0 atom stereocenters. The van der Waals surface area contributed by atoms with Crippen LogP contribution in [0.1, 0.15) is 10.4 Å². The monoisotopic (exact) mass is 434 g/mol. The Kier molecular flexibility index (Phi) is 5.67. The van der Waals surface area contributed by atoms with Crippen molar-refractivity contribution in [3.8, 4) is 11.5 Å². The maximum absolute atomic E-state index is 12.7. The van der Waals surface area contributed by atoms with Crippen molar-refractivity contribution >= 4 is 27.3 Å². The Bertz CT molecular complexity index is 1270. The summed E-state index contributed by atoms with van der Waals surface area (Å²) in [4.78, 5) is 12.7. The van der Waals surface area contributed by atoms with Crippen molar-refractivity contribution in [1.29, 1.82) is 0 Å². The highest BCUT2D eigenvalue weighted by Gasteiger charge is 2.25. The number of benzene rings is 3. The predicted molar refractivity (Wildman–Crippen MR) is 117 cm³/mol. The Morgan fingerprint density at radius 1 is 0.806 bits per heavy atom. The van der Waals surface area contributed by atoms with Gasteiger partial charge in [-0.05, 0) is 48.5 Å². The molecule has 4 rings (SSSR count). The Labute approximate surface area is 179 Å². The highest BCUT2D eigenvalue weighted by Crippen LogP contribution is 2.23. The number of hydrogen-bond acceptors (Lipinski definition) is 5. The van der Waals surface area contributed by atoms with Crippen LogP contribution in [0.5, 0.6) is 11.5 Å². The minimum absolute atomic E-state index is 0.104. The molecule has 1 heterocycles. The van der Waals surface area contributed by atoms with Crippen LogP contribution >= 0.6 is 0 Å². The van der Waals surface area contributed by atoms with Gasteiger partial charge in [0.05, 0.1) is 11.8 Å². The molecule has 156 valence electrons. The molecule has 3 aromatic carbocycles. The number of para-hydroxylation sites is 2. The molecule has 0 aliphatic rings. The number of ether oxygens (including phenoxy) is 1. The molecule has 0 aliphatic carbocycles. The molecule has 1 aromatic heterocycles. The standard InChI is InChI=1S/C22H18N4O4S/c27-21(24-16-11-13-19(14-12-16)30-18-9-5-2-6-10-18)20-15-23-25-22(20)31(28,29)26-17-7-3-1-4-8-17/h1-15,26H,(H,23,25)(H,24,27). The first-order chi connectivity index (χ1) is 15.0. The minimum atomic E-state index is -4.03. The number of H-pyrrole nitrogens is 1. The van der Waals surface area contributed by atoms with Crippen molar-refractivity contribution in [3.05, 3.63) is 96.7 Å². The van der Waals surface area contributed by atoms with Crippen molar-refractivity contribution in [3.63, 3.8) is 0 Å². The summed E-state index contributed by atoms with van der Waals surface area (Å²) < 4.78 is 33.5. The van der Waals surface area contributed by atoms with Gasteiger partial charge in [0, 0.05) is 11.4 Å². The summed E-state index contributed by atoms with van der Waals surface area (Å²) in [5.41, 5.74) is 0.747. The smallest absolute Gasteiger partial charge is 0.279 e. The Morgan fingerprint density at radius 2 is 1.42 bits per heavy atom. The lowest BCUT2D eigenvalue weighted by Gasteiger charge is -2.09. The lowest BCUT2D eigenvalue weighted by molar-refractivity contribution is 0.102. The second kappa shape index (κ2) is 8.72. The van der Waals surface area contributed by atoms with Crippen LogP contribution in [0.25, 0.3) is 0 Å². The minimum Gasteiger partial charge on any atom is -0.457 e. The van der Waals surface area contributed by atoms with E-state index in [-0.39, 0.29) is 10.6 Å². The average Bonchev–Trinajstić information content (AvgIpc) is 3.28. The number of hydrogen-bond donors (Lipinski definition) is 3. The quantitative estimate of drug-likeness (QED) is 0.402. The van der Waals surface area contributed by atoms with E-state index in [4.69, 9.17) is 4.74 Å². The van der Waals surface area contributed by atoms with E-state index in [2.05, 4.69) is 20.2 Å². The lowest BCUT2D eigenvalue weighted by atomic mass is 10.2. The van der Waals surface area contributed by atoms with Gasteiger partial charge >= 0.3 is 0 Å². The third kappa shape index (κ3) is 4.90. The largest absolute Gasteiger partial charge is 0.457 e. The van der Waals surface area contributed by atoms with Gasteiger partial charge in [-0.25, -0.2) is 0 Å². The van der Waals surface area contributed by atoms with E-state index >= 15 is 0 Å². The van der Waals surface area contributed by atoms with Gasteiger partial charge in [-0.1, -0.05) is 36.4 Å². The summed E-state index contributed by atoms with van der Waals surface area (Å²) in [6.07, 6.45) is 1.17. The molecule has 0 spiro atoms. The highest BCUT2D eigenvalue weighted by atomic mass is 32.2. The first-order valence-corrected chi connectivity index (χ1v) is 10.8. The third-order valence-electron chi connectivity index (χ3n) is 4.23. The molecular formula is C22H18N4O4S. The Morgan fingerprint density at radius 3 is 2.10 bits per heavy atom. The van der Waals surface area contributed by atoms with Crippen molar-refractivity contribution < 1.29 is 17.9 Å². The van der Waals surface area contributed by atoms with Gasteiger partial charge in [0.15, 0.2) is 5.03 Å². The SMILES string of the molecule is O=C(Nc1ccc(Oc2ccccc2)cc1)c1cn[nH]c1S(=O)(=O)Nc1ccccc1. The molecule has 3 N–H and O–H groups in total. The summed E-state index contributed by atoms with van der Waals surface area (Å²) in [5, 5.41) is 8.46. The third-order valence-corrected chi connectivity index (χ3v) is 5.59. The predicted octanol–water partition coefficient (Wildman–Crippen LogP) is 4.26. The van der Waals surface area contributed by atoms with Gasteiger partial charge in [0.2, 0.25) is 0 Å². The molecule has 31 heavy (non-hydrogen) atoms. The van der Waals surface area contributed by atoms with Crippen LogP contribution in [0.3, 0.4) is 0 Å². The van der Waals surface area contributed by atoms with Crippen molar-refractivity contribution in [2.45, 2.75) is 5.03 Å². The number of nitrogens with one attached hydrogen (secondary N) is 3. The fourth-order valence-electron chi connectivity index (χ4n) is 2.78. The number of aromatic nitrogens is 2. The number of sulfonamides is 1. The second-order valence-corrected chi connectivity index (χ2v) is 8.10. The van der Waals surface area contributed by atoms with Crippen LogP contribution in [-0.4, -0.2) is 24.5 Å². The average molecular weight is 434 g/mol. The molecule has 0 fully saturated rings. The maximum Gasteiger partial charge on any atom is 0.279 e. The number of carbonyl (C=O) groups excluding carboxylic acids is 1. The summed E-state index contributed by atoms with van der Waals surface area (Å²) >= 11 is 0. The van der Waals surface area contributed by atoms with E-state index < -0.39 is 15.9 Å². The summed E-state index contributed by atoms with van der Waals surface area (Å²) in [6, 6.07) is 24.4. The lowest BCUT2D eigenvalue weighted by Crippen LogP contribution is -2.19. The van der Waals surface area contributed by atoms with Gasteiger partial charge < -0.3 is 10.1 Å². The number of carbonyl (C=O) groups is 1. The molecule has 0 radical (unpaired) electrons. The molecular weight excluding hydrogens is 416 g/mol. The van der Waals surface area contributed by atoms with Gasteiger partial charge in [-0.2, -0.15) is 13.5 Å². The van der Waals surface area contributed by atoms with Crippen molar-refractivity contribution in [1.82, 2.24) is 10.2 Å². The van der Waals surface area contributed by atoms with Crippen LogP contribution in [0.4, 0.5) is 11.4 Å². The van der Waals surface area contributed by atoms with Crippen LogP contribution < -0.4 is 14.8 Å². The van der Waals surface area contributed by atoms with Gasteiger partial charge in [-0.3, -0.25) is 14.6 Å². The van der Waals surface area contributed by atoms with Crippen LogP contribution in [0, 0.1) is 0 Å². The Hall–Kier alpha value is -4.11. The van der Waals surface area contributed by atoms with Crippen LogP contribution in [0.2, 0.25) is 0 Å². The molecule has 0 aliphatic heterocycles. The molecule has 0 unspecified atom stereocenters. The first-order valence-electron chi connectivity index (χ1n) is 9.27. The topological polar surface area (TPSA) is 113 Å². The summed E-state index contributed by atoms with van der Waals surface area (Å²) in [7, 11) is -4.03. The van der Waals surface area contributed by atoms with E-state index in [0.717, 1.165) is 0 Å². The number of rotatable bonds is 7. The number of amides is 1. The van der Waals surface area contributed by atoms with Crippen molar-refractivity contribution in [2.75, 3.05) is 10.0 Å². The van der Waals surface area contributed by atoms with E-state index in [1.54, 1.807) is 54.6 Å². The molecule has 0 saturated carbocycles. The molecule has 1 amide bonds. The van der Waals surface area contributed by atoms with Crippen LogP contribution in [-0.2, 0) is 10.0 Å². The fourth-order valence-corrected chi connectivity index (χ4v) is 3.94. The summed E-state index contributed by atoms with van der Waals surface area (Å²) in [5.74, 6) is 0.681. The molecule has 0 saturated heterocycles. The van der Waals surface area contributed by atoms with Gasteiger partial charge in [-0.15, -0.1) is 0 Å².